The second-order valence-electron chi connectivity index (χ2n) is 2.83. The van der Waals surface area contributed by atoms with Crippen LogP contribution in [-0.4, -0.2) is 12.6 Å². The third-order valence-corrected chi connectivity index (χ3v) is 2.04. The second kappa shape index (κ2) is 2.44. The van der Waals surface area contributed by atoms with E-state index in [0.29, 0.717) is 12.2 Å². The molecular formula is C9H8F2N. The molecule has 0 N–H and O–H groups in total. The van der Waals surface area contributed by atoms with Crippen LogP contribution in [0, 0.1) is 6.07 Å². The number of anilines is 1. The van der Waals surface area contributed by atoms with Crippen LogP contribution in [0.25, 0.3) is 0 Å². The average molecular weight is 168 g/mol. The van der Waals surface area contributed by atoms with Gasteiger partial charge in [0, 0.05) is 18.7 Å². The van der Waals surface area contributed by atoms with E-state index in [9.17, 15) is 8.78 Å². The molecule has 0 amide bonds. The molecule has 1 saturated heterocycles. The normalized spacial score (nSPS) is 20.3. The van der Waals surface area contributed by atoms with Crippen LogP contribution >= 0.6 is 0 Å². The number of rotatable bonds is 1. The SMILES string of the molecule is FC1(F)CCN1c1cc[c]cc1. The molecule has 12 heavy (non-hydrogen) atoms. The Kier molecular flexibility index (Phi) is 1.53. The summed E-state index contributed by atoms with van der Waals surface area (Å²) in [5, 5.41) is 0. The zero-order valence-corrected chi connectivity index (χ0v) is 6.43. The van der Waals surface area contributed by atoms with Gasteiger partial charge in [-0.2, -0.15) is 8.78 Å². The smallest absolute Gasteiger partial charge is 0.313 e. The Bertz CT molecular complexity index is 271. The Labute approximate surface area is 69.6 Å². The maximum atomic E-state index is 12.8. The van der Waals surface area contributed by atoms with Gasteiger partial charge in [0.25, 0.3) is 0 Å². The Hall–Kier alpha value is -1.12. The molecule has 0 saturated carbocycles. The van der Waals surface area contributed by atoms with E-state index in [4.69, 9.17) is 0 Å². The summed E-state index contributed by atoms with van der Waals surface area (Å²) in [6.45, 7) is 0.441. The Morgan fingerprint density at radius 1 is 1.33 bits per heavy atom. The molecule has 1 aliphatic rings. The van der Waals surface area contributed by atoms with E-state index in [0.717, 1.165) is 4.90 Å². The Morgan fingerprint density at radius 3 is 2.42 bits per heavy atom. The van der Waals surface area contributed by atoms with Gasteiger partial charge in [0.1, 0.15) is 0 Å². The van der Waals surface area contributed by atoms with Gasteiger partial charge in [0.2, 0.25) is 0 Å². The predicted octanol–water partition coefficient (Wildman–Crippen LogP) is 2.29. The summed E-state index contributed by atoms with van der Waals surface area (Å²) in [6.07, 6.45) is -0.0361. The number of alkyl halides is 2. The zero-order chi connectivity index (χ0) is 8.60. The Balaban J connectivity index is 2.22. The largest absolute Gasteiger partial charge is 0.327 e. The minimum atomic E-state index is -2.64. The van der Waals surface area contributed by atoms with Crippen molar-refractivity contribution in [2.24, 2.45) is 0 Å². The van der Waals surface area contributed by atoms with Crippen molar-refractivity contribution in [3.8, 4) is 0 Å². The van der Waals surface area contributed by atoms with Crippen molar-refractivity contribution in [3.05, 3.63) is 30.3 Å². The fourth-order valence-corrected chi connectivity index (χ4v) is 1.27. The number of benzene rings is 1. The lowest BCUT2D eigenvalue weighted by Crippen LogP contribution is -2.53. The van der Waals surface area contributed by atoms with Crippen LogP contribution in [0.2, 0.25) is 0 Å². The highest BCUT2D eigenvalue weighted by atomic mass is 19.3. The second-order valence-corrected chi connectivity index (χ2v) is 2.83. The van der Waals surface area contributed by atoms with Crippen LogP contribution in [0.5, 0.6) is 0 Å². The van der Waals surface area contributed by atoms with Crippen LogP contribution in [0.3, 0.4) is 0 Å². The van der Waals surface area contributed by atoms with Crippen molar-refractivity contribution in [1.82, 2.24) is 0 Å². The van der Waals surface area contributed by atoms with Gasteiger partial charge in [-0.05, 0) is 18.2 Å². The van der Waals surface area contributed by atoms with E-state index in [1.807, 2.05) is 0 Å². The van der Waals surface area contributed by atoms with Crippen LogP contribution in [0.1, 0.15) is 6.42 Å². The molecule has 1 aromatic rings. The highest BCUT2D eigenvalue weighted by Gasteiger charge is 2.45. The van der Waals surface area contributed by atoms with Crippen molar-refractivity contribution in [2.45, 2.75) is 12.5 Å². The van der Waals surface area contributed by atoms with Crippen molar-refractivity contribution in [3.63, 3.8) is 0 Å². The fraction of sp³-hybridized carbons (Fsp3) is 0.333. The summed E-state index contributed by atoms with van der Waals surface area (Å²) < 4.78 is 25.6. The zero-order valence-electron chi connectivity index (χ0n) is 6.43. The maximum Gasteiger partial charge on any atom is 0.327 e. The number of hydrogen-bond donors (Lipinski definition) is 0. The topological polar surface area (TPSA) is 3.24 Å². The van der Waals surface area contributed by atoms with Crippen molar-refractivity contribution < 1.29 is 8.78 Å². The molecule has 1 fully saturated rings. The number of hydrogen-bond acceptors (Lipinski definition) is 1. The van der Waals surface area contributed by atoms with Gasteiger partial charge < -0.3 is 4.90 Å². The highest BCUT2D eigenvalue weighted by Crippen LogP contribution is 2.37. The van der Waals surface area contributed by atoms with E-state index in [2.05, 4.69) is 6.07 Å². The molecule has 2 rings (SSSR count). The monoisotopic (exact) mass is 168 g/mol. The van der Waals surface area contributed by atoms with Crippen molar-refractivity contribution >= 4 is 5.69 Å². The molecule has 0 aliphatic carbocycles. The van der Waals surface area contributed by atoms with Gasteiger partial charge in [0.05, 0.1) is 0 Å². The minimum absolute atomic E-state index is 0.0361. The molecule has 1 radical (unpaired) electrons. The first-order chi connectivity index (χ1) is 5.70. The van der Waals surface area contributed by atoms with Crippen LogP contribution < -0.4 is 4.90 Å². The number of halogens is 2. The molecule has 1 heterocycles. The summed E-state index contributed by atoms with van der Waals surface area (Å²) >= 11 is 0. The van der Waals surface area contributed by atoms with Crippen LogP contribution in [-0.2, 0) is 0 Å². The van der Waals surface area contributed by atoms with Crippen LogP contribution in [0.15, 0.2) is 24.3 Å². The van der Waals surface area contributed by atoms with Crippen LogP contribution in [0.4, 0.5) is 14.5 Å². The molecule has 0 unspecified atom stereocenters. The van der Waals surface area contributed by atoms with Gasteiger partial charge in [-0.25, -0.2) is 0 Å². The molecule has 1 aliphatic heterocycles. The first-order valence-corrected chi connectivity index (χ1v) is 3.82. The summed E-state index contributed by atoms with van der Waals surface area (Å²) in [5.74, 6) is 0. The Morgan fingerprint density at radius 2 is 2.00 bits per heavy atom. The molecule has 1 nitrogen and oxygen atoms in total. The van der Waals surface area contributed by atoms with Gasteiger partial charge in [-0.15, -0.1) is 0 Å². The average Bonchev–Trinajstić information content (AvgIpc) is 2.05. The maximum absolute atomic E-state index is 12.8. The van der Waals surface area contributed by atoms with E-state index in [1.54, 1.807) is 24.3 Å². The van der Waals surface area contributed by atoms with Gasteiger partial charge in [-0.3, -0.25) is 0 Å². The summed E-state index contributed by atoms with van der Waals surface area (Å²) in [7, 11) is 0. The molecule has 0 bridgehead atoms. The van der Waals surface area contributed by atoms with Crippen molar-refractivity contribution in [1.29, 1.82) is 0 Å². The van der Waals surface area contributed by atoms with Gasteiger partial charge >= 0.3 is 6.05 Å². The van der Waals surface area contributed by atoms with E-state index in [-0.39, 0.29) is 6.42 Å². The quantitative estimate of drug-likeness (QED) is 0.581. The van der Waals surface area contributed by atoms with Gasteiger partial charge in [0.15, 0.2) is 0 Å². The van der Waals surface area contributed by atoms with E-state index >= 15 is 0 Å². The molecule has 1 aromatic carbocycles. The van der Waals surface area contributed by atoms with E-state index in [1.165, 1.54) is 0 Å². The summed E-state index contributed by atoms with van der Waals surface area (Å²) in [6, 6.07) is 6.73. The molecular weight excluding hydrogens is 160 g/mol. The van der Waals surface area contributed by atoms with Crippen molar-refractivity contribution in [2.75, 3.05) is 11.4 Å². The number of nitrogens with zero attached hydrogens (tertiary/aromatic N) is 1. The minimum Gasteiger partial charge on any atom is -0.313 e. The lowest BCUT2D eigenvalue weighted by Gasteiger charge is -2.41. The first kappa shape index (κ1) is 7.53. The predicted molar refractivity (Wildman–Crippen MR) is 42.2 cm³/mol. The standard InChI is InChI=1S/C9H8F2N/c10-9(11)6-7-12(9)8-4-2-1-3-5-8/h2-5H,6-7H2. The summed E-state index contributed by atoms with van der Waals surface area (Å²) in [4.78, 5) is 1.10. The van der Waals surface area contributed by atoms with E-state index < -0.39 is 6.05 Å². The molecule has 3 heteroatoms. The fourth-order valence-electron chi connectivity index (χ4n) is 1.27. The summed E-state index contributed by atoms with van der Waals surface area (Å²) in [5.41, 5.74) is 0.574. The van der Waals surface area contributed by atoms with Gasteiger partial charge in [-0.1, -0.05) is 12.1 Å². The lowest BCUT2D eigenvalue weighted by atomic mass is 10.1. The highest BCUT2D eigenvalue weighted by molar-refractivity contribution is 5.49. The third kappa shape index (κ3) is 1.05. The first-order valence-electron chi connectivity index (χ1n) is 3.82. The molecule has 0 aromatic heterocycles. The lowest BCUT2D eigenvalue weighted by molar-refractivity contribution is -0.0547. The molecule has 63 valence electrons. The third-order valence-electron chi connectivity index (χ3n) is 2.04. The molecule has 0 spiro atoms. The molecule has 0 atom stereocenters.